The van der Waals surface area contributed by atoms with Crippen molar-refractivity contribution in [3.05, 3.63) is 39.4 Å². The highest BCUT2D eigenvalue weighted by atomic mass is 19.3. The Morgan fingerprint density at radius 3 is 2.84 bits per heavy atom. The molecule has 0 spiro atoms. The van der Waals surface area contributed by atoms with Crippen LogP contribution < -0.4 is 5.32 Å². The van der Waals surface area contributed by atoms with Gasteiger partial charge in [-0.15, -0.1) is 0 Å². The third-order valence-electron chi connectivity index (χ3n) is 2.84. The van der Waals surface area contributed by atoms with Gasteiger partial charge in [0.2, 0.25) is 0 Å². The van der Waals surface area contributed by atoms with Gasteiger partial charge in [-0.2, -0.15) is 0 Å². The van der Waals surface area contributed by atoms with Crippen LogP contribution in [0.4, 0.5) is 19.3 Å². The fourth-order valence-electron chi connectivity index (χ4n) is 1.84. The molecule has 8 heteroatoms. The Kier molecular flexibility index (Phi) is 3.09. The number of carbonyl (C=O) groups is 1. The third kappa shape index (κ3) is 2.47. The Hall–Kier alpha value is -2.25. The number of alkyl halides is 2. The Morgan fingerprint density at radius 2 is 2.21 bits per heavy atom. The molecule has 102 valence electrons. The van der Waals surface area contributed by atoms with Crippen LogP contribution in [0.15, 0.2) is 18.2 Å². The van der Waals surface area contributed by atoms with Crippen molar-refractivity contribution in [2.45, 2.75) is 18.9 Å². The largest absolute Gasteiger partial charge is 0.443 e. The van der Waals surface area contributed by atoms with Crippen LogP contribution in [-0.4, -0.2) is 23.5 Å². The number of halogens is 2. The number of ether oxygens (including phenoxy) is 1. The molecule has 2 rings (SSSR count). The summed E-state index contributed by atoms with van der Waals surface area (Å²) in [5, 5.41) is 12.8. The second kappa shape index (κ2) is 4.45. The molecule has 1 saturated heterocycles. The lowest BCUT2D eigenvalue weighted by Gasteiger charge is -2.31. The van der Waals surface area contributed by atoms with E-state index in [2.05, 4.69) is 4.74 Å². The Morgan fingerprint density at radius 1 is 1.53 bits per heavy atom. The average molecular weight is 272 g/mol. The number of nitro groups is 1. The lowest BCUT2D eigenvalue weighted by Crippen LogP contribution is -2.49. The normalized spacial score (nSPS) is 21.4. The molecule has 19 heavy (non-hydrogen) atoms. The van der Waals surface area contributed by atoms with Crippen LogP contribution in [0.1, 0.15) is 17.2 Å². The molecular formula is C11H10F2N2O4. The standard InChI is InChI=1S/C11H10F2N2O4/c1-6-2-3-7(4-8(6)15(17)18)9-11(12,13)5-19-10(16)14-9/h2-4,9H,5H2,1H3,(H,14,16)/t9-/m1/s1. The summed E-state index contributed by atoms with van der Waals surface area (Å²) in [6.45, 7) is 0.452. The van der Waals surface area contributed by atoms with Crippen molar-refractivity contribution in [2.24, 2.45) is 0 Å². The van der Waals surface area contributed by atoms with Gasteiger partial charge in [-0.3, -0.25) is 10.1 Å². The van der Waals surface area contributed by atoms with Gasteiger partial charge in [0.25, 0.3) is 5.69 Å². The van der Waals surface area contributed by atoms with Crippen molar-refractivity contribution in [1.29, 1.82) is 0 Å². The zero-order chi connectivity index (χ0) is 14.2. The molecule has 1 aliphatic heterocycles. The van der Waals surface area contributed by atoms with Gasteiger partial charge in [0.15, 0.2) is 6.61 Å². The lowest BCUT2D eigenvalue weighted by molar-refractivity contribution is -0.385. The van der Waals surface area contributed by atoms with Crippen LogP contribution in [0.2, 0.25) is 0 Å². The van der Waals surface area contributed by atoms with Crippen LogP contribution in [0.3, 0.4) is 0 Å². The minimum atomic E-state index is -3.32. The average Bonchev–Trinajstić information content (AvgIpc) is 2.33. The summed E-state index contributed by atoms with van der Waals surface area (Å²) in [5.41, 5.74) is 0.0587. The van der Waals surface area contributed by atoms with Crippen molar-refractivity contribution in [3.63, 3.8) is 0 Å². The van der Waals surface area contributed by atoms with E-state index in [1.807, 2.05) is 5.32 Å². The van der Waals surface area contributed by atoms with Crippen LogP contribution in [0.5, 0.6) is 0 Å². The van der Waals surface area contributed by atoms with E-state index in [4.69, 9.17) is 0 Å². The van der Waals surface area contributed by atoms with Crippen molar-refractivity contribution < 1.29 is 23.2 Å². The van der Waals surface area contributed by atoms with E-state index in [0.29, 0.717) is 5.56 Å². The monoisotopic (exact) mass is 272 g/mol. The first kappa shape index (κ1) is 13.2. The maximum absolute atomic E-state index is 13.7. The number of aryl methyl sites for hydroxylation is 1. The van der Waals surface area contributed by atoms with Gasteiger partial charge in [-0.05, 0) is 12.5 Å². The predicted octanol–water partition coefficient (Wildman–Crippen LogP) is 2.32. The molecule has 1 amide bonds. The number of alkyl carbamates (subject to hydrolysis) is 1. The molecular weight excluding hydrogens is 262 g/mol. The fourth-order valence-corrected chi connectivity index (χ4v) is 1.84. The van der Waals surface area contributed by atoms with E-state index >= 15 is 0 Å². The lowest BCUT2D eigenvalue weighted by atomic mass is 9.98. The third-order valence-corrected chi connectivity index (χ3v) is 2.84. The van der Waals surface area contributed by atoms with E-state index in [1.165, 1.54) is 19.1 Å². The number of benzene rings is 1. The molecule has 6 nitrogen and oxygen atoms in total. The first-order valence-corrected chi connectivity index (χ1v) is 5.37. The van der Waals surface area contributed by atoms with E-state index in [9.17, 15) is 23.7 Å². The first-order chi connectivity index (χ1) is 8.81. The maximum Gasteiger partial charge on any atom is 0.408 e. The Bertz CT molecular complexity index is 547. The van der Waals surface area contributed by atoms with Crippen molar-refractivity contribution in [2.75, 3.05) is 6.61 Å². The smallest absolute Gasteiger partial charge is 0.408 e. The van der Waals surface area contributed by atoms with Gasteiger partial charge >= 0.3 is 12.0 Å². The second-order valence-electron chi connectivity index (χ2n) is 4.22. The Labute approximate surface area is 106 Å². The highest BCUT2D eigenvalue weighted by molar-refractivity contribution is 5.69. The summed E-state index contributed by atoms with van der Waals surface area (Å²) in [5.74, 6) is -3.32. The highest BCUT2D eigenvalue weighted by Gasteiger charge is 2.47. The number of hydrogen-bond acceptors (Lipinski definition) is 4. The molecule has 1 atom stereocenters. The summed E-state index contributed by atoms with van der Waals surface area (Å²) in [6, 6.07) is 2.10. The van der Waals surface area contributed by atoms with Gasteiger partial charge in [0, 0.05) is 11.6 Å². The quantitative estimate of drug-likeness (QED) is 0.661. The predicted molar refractivity (Wildman–Crippen MR) is 60.0 cm³/mol. The minimum absolute atomic E-state index is 0.0287. The molecule has 1 N–H and O–H groups in total. The molecule has 1 heterocycles. The molecule has 1 aliphatic rings. The highest BCUT2D eigenvalue weighted by Crippen LogP contribution is 2.36. The summed E-state index contributed by atoms with van der Waals surface area (Å²) < 4.78 is 31.5. The molecule has 0 aliphatic carbocycles. The molecule has 0 radical (unpaired) electrons. The van der Waals surface area contributed by atoms with Gasteiger partial charge in [-0.1, -0.05) is 12.1 Å². The van der Waals surface area contributed by atoms with E-state index < -0.39 is 29.6 Å². The zero-order valence-electron chi connectivity index (χ0n) is 9.85. The second-order valence-corrected chi connectivity index (χ2v) is 4.22. The molecule has 0 unspecified atom stereocenters. The number of nitrogens with zero attached hydrogens (tertiary/aromatic N) is 1. The summed E-state index contributed by atoms with van der Waals surface area (Å²) >= 11 is 0. The van der Waals surface area contributed by atoms with Gasteiger partial charge in [0.05, 0.1) is 4.92 Å². The van der Waals surface area contributed by atoms with E-state index in [0.717, 1.165) is 6.07 Å². The number of nitrogens with one attached hydrogen (secondary N) is 1. The summed E-state index contributed by atoms with van der Waals surface area (Å²) in [6.07, 6.45) is -0.973. The van der Waals surface area contributed by atoms with Crippen LogP contribution in [0.25, 0.3) is 0 Å². The van der Waals surface area contributed by atoms with Gasteiger partial charge < -0.3 is 10.1 Å². The van der Waals surface area contributed by atoms with E-state index in [-0.39, 0.29) is 11.3 Å². The van der Waals surface area contributed by atoms with Crippen molar-refractivity contribution in [3.8, 4) is 0 Å². The number of cyclic esters (lactones) is 1. The SMILES string of the molecule is Cc1ccc([C@H]2NC(=O)OCC2(F)F)cc1[N+](=O)[O-]. The number of nitro benzene ring substituents is 1. The van der Waals surface area contributed by atoms with Gasteiger partial charge in [-0.25, -0.2) is 13.6 Å². The molecule has 1 fully saturated rings. The number of rotatable bonds is 2. The van der Waals surface area contributed by atoms with E-state index in [1.54, 1.807) is 0 Å². The first-order valence-electron chi connectivity index (χ1n) is 5.37. The molecule has 0 bridgehead atoms. The molecule has 1 aromatic carbocycles. The van der Waals surface area contributed by atoms with Crippen LogP contribution in [0, 0.1) is 17.0 Å². The van der Waals surface area contributed by atoms with Crippen molar-refractivity contribution >= 4 is 11.8 Å². The Balaban J connectivity index is 2.42. The summed E-state index contributed by atoms with van der Waals surface area (Å²) in [7, 11) is 0. The van der Waals surface area contributed by atoms with Crippen LogP contribution in [-0.2, 0) is 4.74 Å². The van der Waals surface area contributed by atoms with Crippen molar-refractivity contribution in [1.82, 2.24) is 5.32 Å². The molecule has 0 saturated carbocycles. The number of hydrogen-bond donors (Lipinski definition) is 1. The molecule has 1 aromatic rings. The number of carbonyl (C=O) groups excluding carboxylic acids is 1. The fraction of sp³-hybridized carbons (Fsp3) is 0.364. The summed E-state index contributed by atoms with van der Waals surface area (Å²) in [4.78, 5) is 21.2. The van der Waals surface area contributed by atoms with Gasteiger partial charge in [0.1, 0.15) is 6.04 Å². The zero-order valence-corrected chi connectivity index (χ0v) is 9.85. The minimum Gasteiger partial charge on any atom is -0.443 e. The molecule has 0 aromatic heterocycles. The maximum atomic E-state index is 13.7. The van der Waals surface area contributed by atoms with Crippen LogP contribution >= 0.6 is 0 Å². The topological polar surface area (TPSA) is 81.5 Å². The number of amides is 1.